The summed E-state index contributed by atoms with van der Waals surface area (Å²) in [6.07, 6.45) is 2.21. The van der Waals surface area contributed by atoms with E-state index < -0.39 is 0 Å². The number of halogens is 1. The minimum absolute atomic E-state index is 0.000579. The lowest BCUT2D eigenvalue weighted by Gasteiger charge is -2.30. The largest absolute Gasteiger partial charge is 0.393 e. The average molecular weight is 165 g/mol. The second-order valence-electron chi connectivity index (χ2n) is 2.06. The van der Waals surface area contributed by atoms with Crippen molar-refractivity contribution in [2.45, 2.75) is 18.9 Å². The molecule has 0 aliphatic heterocycles. The van der Waals surface area contributed by atoms with Crippen molar-refractivity contribution < 1.29 is 5.11 Å². The highest BCUT2D eigenvalue weighted by molar-refractivity contribution is 9.09. The van der Waals surface area contributed by atoms with E-state index in [1.807, 2.05) is 0 Å². The molecule has 1 nitrogen and oxygen atoms in total. The van der Waals surface area contributed by atoms with E-state index in [0.717, 1.165) is 11.8 Å². The summed E-state index contributed by atoms with van der Waals surface area (Å²) in [7, 11) is 0. The second kappa shape index (κ2) is 2.14. The summed E-state index contributed by atoms with van der Waals surface area (Å²) in [6, 6.07) is 0. The van der Waals surface area contributed by atoms with Gasteiger partial charge in [-0.2, -0.15) is 0 Å². The summed E-state index contributed by atoms with van der Waals surface area (Å²) >= 11 is 3.31. The van der Waals surface area contributed by atoms with Crippen molar-refractivity contribution in [3.63, 3.8) is 0 Å². The summed E-state index contributed by atoms with van der Waals surface area (Å²) in [5.74, 6) is 0.556. The molecule has 0 heterocycles. The Kier molecular flexibility index (Phi) is 1.70. The van der Waals surface area contributed by atoms with Crippen molar-refractivity contribution >= 4 is 15.9 Å². The quantitative estimate of drug-likeness (QED) is 0.578. The van der Waals surface area contributed by atoms with Gasteiger partial charge in [0, 0.05) is 5.33 Å². The van der Waals surface area contributed by atoms with Gasteiger partial charge in [-0.05, 0) is 18.8 Å². The third-order valence-corrected chi connectivity index (χ3v) is 2.41. The molecular formula is C5H9BrO. The molecule has 0 unspecified atom stereocenters. The second-order valence-corrected chi connectivity index (χ2v) is 2.71. The molecule has 1 N–H and O–H groups in total. The molecule has 2 heteroatoms. The van der Waals surface area contributed by atoms with E-state index in [1.54, 1.807) is 0 Å². The number of hydrogen-bond acceptors (Lipinski definition) is 1. The number of rotatable bonds is 1. The van der Waals surface area contributed by atoms with Crippen LogP contribution in [0.15, 0.2) is 0 Å². The Balaban J connectivity index is 2.16. The summed E-state index contributed by atoms with van der Waals surface area (Å²) in [6.45, 7) is 0. The zero-order valence-electron chi connectivity index (χ0n) is 4.10. The van der Waals surface area contributed by atoms with E-state index in [0.29, 0.717) is 5.92 Å². The van der Waals surface area contributed by atoms with Gasteiger partial charge in [-0.3, -0.25) is 0 Å². The van der Waals surface area contributed by atoms with Gasteiger partial charge in [-0.25, -0.2) is 0 Å². The van der Waals surface area contributed by atoms with E-state index in [4.69, 9.17) is 5.11 Å². The lowest BCUT2D eigenvalue weighted by atomic mass is 9.84. The Hall–Kier alpha value is 0.440. The van der Waals surface area contributed by atoms with Crippen LogP contribution in [0.25, 0.3) is 0 Å². The first-order chi connectivity index (χ1) is 3.34. The Bertz CT molecular complexity index is 63.1. The summed E-state index contributed by atoms with van der Waals surface area (Å²) in [4.78, 5) is 0. The highest BCUT2D eigenvalue weighted by atomic mass is 79.9. The predicted octanol–water partition coefficient (Wildman–Crippen LogP) is 1.15. The lowest BCUT2D eigenvalue weighted by molar-refractivity contribution is 0.0379. The van der Waals surface area contributed by atoms with Gasteiger partial charge < -0.3 is 5.11 Å². The molecule has 0 radical (unpaired) electrons. The van der Waals surface area contributed by atoms with Gasteiger partial charge in [0.15, 0.2) is 0 Å². The molecule has 0 spiro atoms. The highest BCUT2D eigenvalue weighted by Gasteiger charge is 2.26. The Morgan fingerprint density at radius 3 is 2.29 bits per heavy atom. The van der Waals surface area contributed by atoms with E-state index >= 15 is 0 Å². The van der Waals surface area contributed by atoms with Crippen molar-refractivity contribution in [1.29, 1.82) is 0 Å². The van der Waals surface area contributed by atoms with Crippen molar-refractivity contribution in [3.8, 4) is 0 Å². The molecule has 1 rings (SSSR count). The van der Waals surface area contributed by atoms with E-state index in [2.05, 4.69) is 15.9 Å². The third-order valence-electron chi connectivity index (χ3n) is 1.58. The first-order valence-corrected chi connectivity index (χ1v) is 3.71. The first-order valence-electron chi connectivity index (χ1n) is 2.58. The van der Waals surface area contributed by atoms with Crippen LogP contribution in [0.2, 0.25) is 0 Å². The maximum Gasteiger partial charge on any atom is 0.0576 e. The minimum atomic E-state index is -0.000579. The van der Waals surface area contributed by atoms with Crippen LogP contribution in [0, 0.1) is 5.92 Å². The summed E-state index contributed by atoms with van der Waals surface area (Å²) < 4.78 is 0. The number of hydrogen-bond donors (Lipinski definition) is 1. The summed E-state index contributed by atoms with van der Waals surface area (Å²) in [5.41, 5.74) is 0. The fourth-order valence-electron chi connectivity index (χ4n) is 0.731. The maximum absolute atomic E-state index is 8.88. The number of alkyl halides is 1. The van der Waals surface area contributed by atoms with Crippen LogP contribution in [-0.4, -0.2) is 16.5 Å². The average Bonchev–Trinajstić information content (AvgIpc) is 1.65. The van der Waals surface area contributed by atoms with Crippen LogP contribution >= 0.6 is 15.9 Å². The zero-order chi connectivity index (χ0) is 5.28. The van der Waals surface area contributed by atoms with Crippen LogP contribution in [0.1, 0.15) is 12.8 Å². The normalized spacial score (nSPS) is 40.3. The lowest BCUT2D eigenvalue weighted by Crippen LogP contribution is -2.31. The van der Waals surface area contributed by atoms with Crippen LogP contribution in [-0.2, 0) is 0 Å². The van der Waals surface area contributed by atoms with Gasteiger partial charge in [-0.1, -0.05) is 15.9 Å². The molecule has 7 heavy (non-hydrogen) atoms. The maximum atomic E-state index is 8.88. The van der Waals surface area contributed by atoms with Gasteiger partial charge >= 0.3 is 0 Å². The minimum Gasteiger partial charge on any atom is -0.393 e. The topological polar surface area (TPSA) is 20.2 Å². The van der Waals surface area contributed by atoms with Crippen LogP contribution < -0.4 is 0 Å². The smallest absolute Gasteiger partial charge is 0.0576 e. The Morgan fingerprint density at radius 1 is 1.57 bits per heavy atom. The number of aliphatic hydroxyl groups is 1. The van der Waals surface area contributed by atoms with E-state index in [1.165, 1.54) is 6.42 Å². The predicted molar refractivity (Wildman–Crippen MR) is 32.5 cm³/mol. The van der Waals surface area contributed by atoms with Crippen molar-refractivity contribution in [3.05, 3.63) is 0 Å². The van der Waals surface area contributed by atoms with Crippen molar-refractivity contribution in [1.82, 2.24) is 0 Å². The molecule has 0 bridgehead atoms. The molecule has 0 aromatic rings. The Labute approximate surface area is 51.9 Å². The molecule has 1 aliphatic rings. The van der Waals surface area contributed by atoms with Gasteiger partial charge in [-0.15, -0.1) is 0 Å². The fourth-order valence-corrected chi connectivity index (χ4v) is 1.49. The monoisotopic (exact) mass is 164 g/mol. The van der Waals surface area contributed by atoms with Gasteiger partial charge in [0.05, 0.1) is 6.10 Å². The van der Waals surface area contributed by atoms with E-state index in [9.17, 15) is 0 Å². The molecule has 0 aromatic carbocycles. The standard InChI is InChI=1S/C5H9BrO/c6-3-4-1-2-5(4)7/h4-5,7H,1-3H2/t4-,5+/m0/s1. The Morgan fingerprint density at radius 2 is 2.29 bits per heavy atom. The molecule has 1 saturated carbocycles. The van der Waals surface area contributed by atoms with Crippen molar-refractivity contribution in [2.24, 2.45) is 5.92 Å². The third kappa shape index (κ3) is 0.970. The van der Waals surface area contributed by atoms with Crippen LogP contribution in [0.3, 0.4) is 0 Å². The molecule has 2 atom stereocenters. The van der Waals surface area contributed by atoms with Crippen LogP contribution in [0.5, 0.6) is 0 Å². The molecule has 1 aliphatic carbocycles. The van der Waals surface area contributed by atoms with Gasteiger partial charge in [0.25, 0.3) is 0 Å². The van der Waals surface area contributed by atoms with E-state index in [-0.39, 0.29) is 6.10 Å². The van der Waals surface area contributed by atoms with Gasteiger partial charge in [0.2, 0.25) is 0 Å². The molecule has 1 fully saturated rings. The number of aliphatic hydroxyl groups excluding tert-OH is 1. The molecule has 0 amide bonds. The molecule has 42 valence electrons. The highest BCUT2D eigenvalue weighted by Crippen LogP contribution is 2.28. The molecule has 0 aromatic heterocycles. The first kappa shape index (κ1) is 5.57. The summed E-state index contributed by atoms with van der Waals surface area (Å²) in [5, 5.41) is 9.84. The fraction of sp³-hybridized carbons (Fsp3) is 1.00. The molecule has 0 saturated heterocycles. The zero-order valence-corrected chi connectivity index (χ0v) is 5.69. The van der Waals surface area contributed by atoms with Gasteiger partial charge in [0.1, 0.15) is 0 Å². The van der Waals surface area contributed by atoms with Crippen molar-refractivity contribution in [2.75, 3.05) is 5.33 Å². The SMILES string of the molecule is O[C@@H]1CC[C@H]1CBr. The molecular weight excluding hydrogens is 156 g/mol. The van der Waals surface area contributed by atoms with Crippen LogP contribution in [0.4, 0.5) is 0 Å².